The smallest absolute Gasteiger partial charge is 0.322 e. The Kier molecular flexibility index (Phi) is 6.45. The van der Waals surface area contributed by atoms with Crippen molar-refractivity contribution in [1.82, 2.24) is 15.1 Å². The molecule has 36 heavy (non-hydrogen) atoms. The van der Waals surface area contributed by atoms with Crippen LogP contribution in [0.3, 0.4) is 0 Å². The van der Waals surface area contributed by atoms with E-state index in [2.05, 4.69) is 22.8 Å². The number of hydrogen-bond donors (Lipinski definition) is 2. The van der Waals surface area contributed by atoms with Gasteiger partial charge in [0, 0.05) is 38.4 Å². The van der Waals surface area contributed by atoms with E-state index >= 15 is 0 Å². The number of benzene rings is 2. The maximum Gasteiger partial charge on any atom is 0.322 e. The zero-order valence-electron chi connectivity index (χ0n) is 20.9. The number of rotatable bonds is 3. The van der Waals surface area contributed by atoms with Gasteiger partial charge < -0.3 is 20.4 Å². The van der Waals surface area contributed by atoms with Crippen molar-refractivity contribution in [1.29, 1.82) is 0 Å². The van der Waals surface area contributed by atoms with Crippen LogP contribution in [0.4, 0.5) is 14.9 Å². The Balaban J connectivity index is 1.20. The van der Waals surface area contributed by atoms with E-state index in [1.165, 1.54) is 22.6 Å². The topological polar surface area (TPSA) is 81.8 Å². The lowest BCUT2D eigenvalue weighted by molar-refractivity contribution is -0.146. The second kappa shape index (κ2) is 9.56. The molecule has 3 atom stereocenters. The fraction of sp³-hybridized carbons (Fsp3) is 0.464. The van der Waals surface area contributed by atoms with Crippen LogP contribution in [-0.2, 0) is 22.7 Å². The Hall–Kier alpha value is -3.42. The number of likely N-dealkylation sites (N-methyl/N-ethyl adjacent to an activating group) is 1. The maximum atomic E-state index is 13.5. The fourth-order valence-corrected chi connectivity index (χ4v) is 6.28. The van der Waals surface area contributed by atoms with Crippen molar-refractivity contribution in [2.45, 2.75) is 63.1 Å². The Morgan fingerprint density at radius 3 is 2.50 bits per heavy atom. The maximum absolute atomic E-state index is 13.5. The van der Waals surface area contributed by atoms with Crippen LogP contribution in [0.25, 0.3) is 0 Å². The summed E-state index contributed by atoms with van der Waals surface area (Å²) < 4.78 is 13.5. The first-order chi connectivity index (χ1) is 17.2. The van der Waals surface area contributed by atoms with Crippen LogP contribution in [0.5, 0.6) is 0 Å². The molecule has 1 heterocycles. The SMILES string of the molecule is CN(C)C(=O)C(=O)NC12CCCC(C1)C(c1ccc(NC(=O)N3Cc4ccc(F)cc4C3)cc1)CC2. The third-order valence-electron chi connectivity index (χ3n) is 8.13. The molecule has 0 saturated heterocycles. The Morgan fingerprint density at radius 2 is 1.75 bits per heavy atom. The summed E-state index contributed by atoms with van der Waals surface area (Å²) in [7, 11) is 3.19. The first-order valence-corrected chi connectivity index (χ1v) is 12.7. The normalized spacial score (nSPS) is 24.6. The van der Waals surface area contributed by atoms with Crippen molar-refractivity contribution in [2.75, 3.05) is 19.4 Å². The second-order valence-corrected chi connectivity index (χ2v) is 10.8. The van der Waals surface area contributed by atoms with Gasteiger partial charge in [-0.3, -0.25) is 9.59 Å². The number of amides is 4. The molecule has 0 radical (unpaired) electrons. The summed E-state index contributed by atoms with van der Waals surface area (Å²) in [4.78, 5) is 40.3. The van der Waals surface area contributed by atoms with E-state index in [0.717, 1.165) is 55.3 Å². The molecule has 8 heteroatoms. The van der Waals surface area contributed by atoms with Crippen LogP contribution in [0.2, 0.25) is 0 Å². The van der Waals surface area contributed by atoms with E-state index in [1.54, 1.807) is 25.1 Å². The van der Waals surface area contributed by atoms with Crippen LogP contribution in [0, 0.1) is 11.7 Å². The van der Waals surface area contributed by atoms with Crippen LogP contribution < -0.4 is 10.6 Å². The Morgan fingerprint density at radius 1 is 1.00 bits per heavy atom. The summed E-state index contributed by atoms with van der Waals surface area (Å²) >= 11 is 0. The first kappa shape index (κ1) is 24.3. The van der Waals surface area contributed by atoms with Gasteiger partial charge in [-0.15, -0.1) is 0 Å². The van der Waals surface area contributed by atoms with Gasteiger partial charge >= 0.3 is 17.8 Å². The molecule has 2 aromatic rings. The van der Waals surface area contributed by atoms with Gasteiger partial charge in [-0.1, -0.05) is 24.6 Å². The highest BCUT2D eigenvalue weighted by Crippen LogP contribution is 2.49. The highest BCUT2D eigenvalue weighted by atomic mass is 19.1. The molecule has 5 rings (SSSR count). The number of nitrogens with one attached hydrogen (secondary N) is 2. The molecular formula is C28H33FN4O3. The minimum Gasteiger partial charge on any atom is -0.342 e. The summed E-state index contributed by atoms with van der Waals surface area (Å²) in [6.07, 6.45) is 5.76. The molecule has 0 spiro atoms. The lowest BCUT2D eigenvalue weighted by Gasteiger charge is -2.49. The van der Waals surface area contributed by atoms with E-state index < -0.39 is 11.8 Å². The van der Waals surface area contributed by atoms with Crippen LogP contribution in [0.1, 0.15) is 61.1 Å². The quantitative estimate of drug-likeness (QED) is 0.624. The van der Waals surface area contributed by atoms with Crippen LogP contribution >= 0.6 is 0 Å². The molecule has 2 bridgehead atoms. The molecule has 4 amide bonds. The number of carbonyl (C=O) groups excluding carboxylic acids is 3. The highest BCUT2D eigenvalue weighted by Gasteiger charge is 2.45. The number of urea groups is 1. The summed E-state index contributed by atoms with van der Waals surface area (Å²) in [5.41, 5.74) is 3.52. The highest BCUT2D eigenvalue weighted by molar-refractivity contribution is 6.35. The van der Waals surface area contributed by atoms with Gasteiger partial charge in [0.15, 0.2) is 0 Å². The average molecular weight is 493 g/mol. The van der Waals surface area contributed by atoms with Gasteiger partial charge in [-0.05, 0) is 84.9 Å². The molecular weight excluding hydrogens is 459 g/mol. The monoisotopic (exact) mass is 492 g/mol. The van der Waals surface area contributed by atoms with Crippen molar-refractivity contribution >= 4 is 23.5 Å². The molecule has 1 aliphatic heterocycles. The van der Waals surface area contributed by atoms with E-state index in [0.29, 0.717) is 24.9 Å². The largest absolute Gasteiger partial charge is 0.342 e. The molecule has 190 valence electrons. The number of nitrogens with zero attached hydrogens (tertiary/aromatic N) is 2. The number of carbonyl (C=O) groups is 3. The lowest BCUT2D eigenvalue weighted by Crippen LogP contribution is -2.57. The lowest BCUT2D eigenvalue weighted by atomic mass is 9.61. The molecule has 2 aromatic carbocycles. The molecule has 3 unspecified atom stereocenters. The zero-order chi connectivity index (χ0) is 25.4. The molecule has 2 aliphatic carbocycles. The molecule has 2 N–H and O–H groups in total. The standard InChI is InChI=1S/C28H33FN4O3/c1-32(2)26(35)25(34)31-28-12-3-4-19(15-28)24(11-13-28)18-6-9-23(10-7-18)30-27(36)33-16-20-5-8-22(29)14-21(20)17-33/h5-10,14,19,24H,3-4,11-13,15-17H2,1-2H3,(H,30,36)(H,31,34). The van der Waals surface area contributed by atoms with Gasteiger partial charge in [-0.25, -0.2) is 9.18 Å². The third kappa shape index (κ3) is 4.81. The van der Waals surface area contributed by atoms with Gasteiger partial charge in [0.25, 0.3) is 0 Å². The van der Waals surface area contributed by atoms with Crippen molar-refractivity contribution < 1.29 is 18.8 Å². The summed E-state index contributed by atoms with van der Waals surface area (Å²) in [5, 5.41) is 6.04. The molecule has 3 aliphatic rings. The minimum absolute atomic E-state index is 0.197. The van der Waals surface area contributed by atoms with Crippen molar-refractivity contribution in [2.24, 2.45) is 5.92 Å². The van der Waals surface area contributed by atoms with E-state index in [4.69, 9.17) is 0 Å². The average Bonchev–Trinajstić information content (AvgIpc) is 3.28. The van der Waals surface area contributed by atoms with Crippen molar-refractivity contribution in [3.05, 3.63) is 65.0 Å². The Labute approximate surface area is 211 Å². The summed E-state index contributed by atoms with van der Waals surface area (Å²) in [6, 6.07) is 12.5. The van der Waals surface area contributed by atoms with Gasteiger partial charge in [0.2, 0.25) is 0 Å². The number of halogens is 1. The first-order valence-electron chi connectivity index (χ1n) is 12.7. The summed E-state index contributed by atoms with van der Waals surface area (Å²) in [5.74, 6) is -0.450. The third-order valence-corrected chi connectivity index (χ3v) is 8.13. The van der Waals surface area contributed by atoms with Gasteiger partial charge in [0.05, 0.1) is 0 Å². The Bertz CT molecular complexity index is 1180. The van der Waals surface area contributed by atoms with E-state index in [1.807, 2.05) is 12.1 Å². The molecule has 2 saturated carbocycles. The van der Waals surface area contributed by atoms with E-state index in [9.17, 15) is 18.8 Å². The van der Waals surface area contributed by atoms with E-state index in [-0.39, 0.29) is 17.4 Å². The van der Waals surface area contributed by atoms with Crippen LogP contribution in [0.15, 0.2) is 42.5 Å². The number of fused-ring (bicyclic) bond motifs is 3. The summed E-state index contributed by atoms with van der Waals surface area (Å²) in [6.45, 7) is 0.876. The van der Waals surface area contributed by atoms with Crippen LogP contribution in [-0.4, -0.2) is 47.3 Å². The predicted octanol–water partition coefficient (Wildman–Crippen LogP) is 4.38. The molecule has 7 nitrogen and oxygen atoms in total. The fourth-order valence-electron chi connectivity index (χ4n) is 6.28. The minimum atomic E-state index is -0.509. The zero-order valence-corrected chi connectivity index (χ0v) is 20.9. The second-order valence-electron chi connectivity index (χ2n) is 10.8. The van der Waals surface area contributed by atoms with Crippen molar-refractivity contribution in [3.8, 4) is 0 Å². The number of hydrogen-bond acceptors (Lipinski definition) is 3. The molecule has 0 aromatic heterocycles. The van der Waals surface area contributed by atoms with Crippen molar-refractivity contribution in [3.63, 3.8) is 0 Å². The van der Waals surface area contributed by atoms with Gasteiger partial charge in [-0.2, -0.15) is 0 Å². The van der Waals surface area contributed by atoms with Gasteiger partial charge in [0.1, 0.15) is 5.82 Å². The predicted molar refractivity (Wildman–Crippen MR) is 135 cm³/mol. The number of anilines is 1. The molecule has 2 fully saturated rings.